The minimum Gasteiger partial charge on any atom is -0.502 e. The molecule has 6 nitrogen and oxygen atoms in total. The number of nitro benzene ring substituents is 1. The number of aromatic hydroxyl groups is 1. The molecule has 9 heteroatoms. The van der Waals surface area contributed by atoms with Gasteiger partial charge in [-0.1, -0.05) is 0 Å². The summed E-state index contributed by atoms with van der Waals surface area (Å²) < 4.78 is 37.5. The monoisotopic (exact) mass is 332 g/mol. The van der Waals surface area contributed by atoms with Gasteiger partial charge >= 0.3 is 11.9 Å². The predicted molar refractivity (Wildman–Crippen MR) is 74.5 cm³/mol. The molecule has 3 rings (SSSR count). The van der Waals surface area contributed by atoms with E-state index in [1.165, 1.54) is 17.0 Å². The molecule has 1 aliphatic heterocycles. The van der Waals surface area contributed by atoms with Crippen LogP contribution in [0.15, 0.2) is 12.1 Å². The smallest absolute Gasteiger partial charge is 0.401 e. The molecule has 1 aliphatic carbocycles. The van der Waals surface area contributed by atoms with Gasteiger partial charge in [-0.3, -0.25) is 15.0 Å². The number of likely N-dealkylation sites (tertiary alicyclic amines) is 1. The van der Waals surface area contributed by atoms with Crippen molar-refractivity contribution in [2.75, 3.05) is 19.6 Å². The Morgan fingerprint density at radius 1 is 1.26 bits per heavy atom. The lowest BCUT2D eigenvalue weighted by Gasteiger charge is -2.32. The number of alkyl halides is 3. The topological polar surface area (TPSA) is 83.7 Å². The van der Waals surface area contributed by atoms with Gasteiger partial charge in [0.1, 0.15) is 6.79 Å². The van der Waals surface area contributed by atoms with E-state index in [1.807, 2.05) is 6.79 Å². The van der Waals surface area contributed by atoms with E-state index in [1.54, 1.807) is 0 Å². The molecule has 1 saturated heterocycles. The molecule has 2 unspecified atom stereocenters. The van der Waals surface area contributed by atoms with E-state index in [0.29, 0.717) is 12.0 Å². The van der Waals surface area contributed by atoms with Crippen LogP contribution in [0.1, 0.15) is 29.4 Å². The van der Waals surface area contributed by atoms with Crippen LogP contribution < -0.4 is 0 Å². The zero-order valence-corrected chi connectivity index (χ0v) is 12.0. The van der Waals surface area contributed by atoms with Crippen molar-refractivity contribution in [2.45, 2.75) is 24.4 Å². The quantitative estimate of drug-likeness (QED) is 0.665. The first kappa shape index (κ1) is 17.2. The Labute approximate surface area is 129 Å². The summed E-state index contributed by atoms with van der Waals surface area (Å²) in [6.07, 6.45) is -3.57. The Bertz CT molecular complexity index is 621. The number of carbonyl (C=O) groups is 1. The first-order valence-electron chi connectivity index (χ1n) is 6.84. The summed E-state index contributed by atoms with van der Waals surface area (Å²) in [5.41, 5.74) is 1.06. The number of rotatable bonds is 2. The summed E-state index contributed by atoms with van der Waals surface area (Å²) in [6.45, 7) is 1.53. The second-order valence-electron chi connectivity index (χ2n) is 5.67. The highest BCUT2D eigenvalue weighted by Crippen LogP contribution is 2.49. The molecule has 0 aromatic heterocycles. The van der Waals surface area contributed by atoms with Crippen molar-refractivity contribution in [3.63, 3.8) is 0 Å². The average molecular weight is 332 g/mol. The van der Waals surface area contributed by atoms with Gasteiger partial charge in [-0.15, -0.1) is 0 Å². The molecule has 0 saturated carbocycles. The summed E-state index contributed by atoms with van der Waals surface area (Å²) in [7, 11) is 0. The number of fused-ring (bicyclic) bond motifs is 5. The molecule has 1 heterocycles. The normalized spacial score (nSPS) is 22.9. The van der Waals surface area contributed by atoms with Crippen molar-refractivity contribution in [3.05, 3.63) is 33.4 Å². The van der Waals surface area contributed by atoms with Crippen molar-refractivity contribution in [1.29, 1.82) is 0 Å². The molecule has 23 heavy (non-hydrogen) atoms. The molecule has 0 radical (unpaired) electrons. The molecule has 2 aliphatic rings. The van der Waals surface area contributed by atoms with E-state index in [-0.39, 0.29) is 30.6 Å². The highest BCUT2D eigenvalue weighted by Gasteiger charge is 2.42. The van der Waals surface area contributed by atoms with Gasteiger partial charge in [0, 0.05) is 19.2 Å². The molecular weight excluding hydrogens is 317 g/mol. The van der Waals surface area contributed by atoms with Crippen molar-refractivity contribution >= 4 is 12.5 Å². The van der Waals surface area contributed by atoms with Crippen LogP contribution in [0.25, 0.3) is 0 Å². The molecule has 1 N–H and O–H groups in total. The maximum absolute atomic E-state index is 12.5. The van der Waals surface area contributed by atoms with Gasteiger partial charge in [-0.2, -0.15) is 13.2 Å². The maximum Gasteiger partial charge on any atom is 0.401 e. The number of phenolic OH excluding ortho intramolecular Hbond substituents is 1. The van der Waals surface area contributed by atoms with Crippen LogP contribution in [0.3, 0.4) is 0 Å². The maximum atomic E-state index is 12.5. The molecule has 1 aromatic carbocycles. The van der Waals surface area contributed by atoms with Crippen molar-refractivity contribution in [3.8, 4) is 5.75 Å². The van der Waals surface area contributed by atoms with Gasteiger partial charge in [0.25, 0.3) is 0 Å². The van der Waals surface area contributed by atoms with Crippen molar-refractivity contribution < 1.29 is 28.0 Å². The second-order valence-corrected chi connectivity index (χ2v) is 5.67. The van der Waals surface area contributed by atoms with Crippen LogP contribution in [0.5, 0.6) is 5.75 Å². The number of nitro groups is 1. The largest absolute Gasteiger partial charge is 0.502 e. The number of carbonyl (C=O) groups excluding carboxylic acids is 1. The Balaban J connectivity index is 0.000000924. The molecule has 2 bridgehead atoms. The van der Waals surface area contributed by atoms with Gasteiger partial charge < -0.3 is 9.90 Å². The third-order valence-corrected chi connectivity index (χ3v) is 4.19. The number of phenols is 1. The highest BCUT2D eigenvalue weighted by molar-refractivity contribution is 5.55. The Morgan fingerprint density at radius 2 is 1.78 bits per heavy atom. The van der Waals surface area contributed by atoms with Crippen LogP contribution in [0.2, 0.25) is 0 Å². The second kappa shape index (κ2) is 6.15. The van der Waals surface area contributed by atoms with Crippen LogP contribution in [-0.2, 0) is 4.79 Å². The Kier molecular flexibility index (Phi) is 4.60. The van der Waals surface area contributed by atoms with Gasteiger partial charge in [0.15, 0.2) is 5.75 Å². The molecule has 1 fully saturated rings. The zero-order chi connectivity index (χ0) is 17.4. The fraction of sp³-hybridized carbons (Fsp3) is 0.500. The first-order valence-corrected chi connectivity index (χ1v) is 6.84. The first-order chi connectivity index (χ1) is 10.7. The van der Waals surface area contributed by atoms with Crippen molar-refractivity contribution in [2.24, 2.45) is 0 Å². The van der Waals surface area contributed by atoms with Crippen LogP contribution in [0, 0.1) is 10.1 Å². The van der Waals surface area contributed by atoms with E-state index in [4.69, 9.17) is 4.79 Å². The molecule has 0 spiro atoms. The molecule has 0 amide bonds. The van der Waals surface area contributed by atoms with Crippen LogP contribution in [0.4, 0.5) is 18.9 Å². The number of hydrogen-bond acceptors (Lipinski definition) is 5. The summed E-state index contributed by atoms with van der Waals surface area (Å²) in [4.78, 5) is 19.5. The number of piperidine rings is 1. The lowest BCUT2D eigenvalue weighted by molar-refractivity contribution is -0.385. The Morgan fingerprint density at radius 3 is 2.26 bits per heavy atom. The summed E-state index contributed by atoms with van der Waals surface area (Å²) in [5.74, 6) is -0.665. The number of halogens is 3. The van der Waals surface area contributed by atoms with E-state index >= 15 is 0 Å². The van der Waals surface area contributed by atoms with Crippen LogP contribution in [-0.4, -0.2) is 47.5 Å². The molecular formula is C14H15F3N2O4. The van der Waals surface area contributed by atoms with E-state index < -0.39 is 23.4 Å². The highest BCUT2D eigenvalue weighted by atomic mass is 19.4. The third-order valence-electron chi connectivity index (χ3n) is 4.19. The van der Waals surface area contributed by atoms with Gasteiger partial charge in [0.2, 0.25) is 0 Å². The minimum absolute atomic E-state index is 0.104. The fourth-order valence-corrected chi connectivity index (χ4v) is 3.49. The SMILES string of the molecule is C=O.O=[N+]([O-])c1cc2c(cc1O)C1CC2CN(CC(F)(F)F)C1. The van der Waals surface area contributed by atoms with Crippen molar-refractivity contribution in [1.82, 2.24) is 4.90 Å². The van der Waals surface area contributed by atoms with Gasteiger partial charge in [-0.25, -0.2) is 0 Å². The fourth-order valence-electron chi connectivity index (χ4n) is 3.49. The van der Waals surface area contributed by atoms with E-state index in [0.717, 1.165) is 5.56 Å². The number of benzene rings is 1. The van der Waals surface area contributed by atoms with Gasteiger partial charge in [0.05, 0.1) is 11.5 Å². The number of nitrogens with zero attached hydrogens (tertiary/aromatic N) is 2. The molecule has 1 aromatic rings. The minimum atomic E-state index is -4.25. The average Bonchev–Trinajstić information content (AvgIpc) is 2.69. The predicted octanol–water partition coefficient (Wildman–Crippen LogP) is 2.56. The summed E-state index contributed by atoms with van der Waals surface area (Å²) in [5, 5.41) is 20.5. The van der Waals surface area contributed by atoms with Gasteiger partial charge in [-0.05, 0) is 35.4 Å². The number of hydrogen-bond donors (Lipinski definition) is 1. The standard InChI is InChI=1S/C13H13F3N2O3.CH2O/c14-13(15,16)6-17-4-7-1-8(5-17)10-3-12(19)11(18(20)21)2-9(7)10;1-2/h2-3,7-8,19H,1,4-6H2;1H2. The van der Waals surface area contributed by atoms with E-state index in [9.17, 15) is 28.4 Å². The zero-order valence-electron chi connectivity index (χ0n) is 12.0. The lowest BCUT2D eigenvalue weighted by Crippen LogP contribution is -2.41. The lowest BCUT2D eigenvalue weighted by atomic mass is 9.96. The summed E-state index contributed by atoms with van der Waals surface area (Å²) in [6, 6.07) is 2.65. The third kappa shape index (κ3) is 3.44. The molecule has 2 atom stereocenters. The summed E-state index contributed by atoms with van der Waals surface area (Å²) >= 11 is 0. The van der Waals surface area contributed by atoms with Crippen LogP contribution >= 0.6 is 0 Å². The molecule has 126 valence electrons. The Hall–Kier alpha value is -2.16. The van der Waals surface area contributed by atoms with E-state index in [2.05, 4.69) is 0 Å².